The number of nitrogens with two attached hydrogens (primary N) is 1. The Balaban J connectivity index is 2.00. The van der Waals surface area contributed by atoms with Crippen LogP contribution in [0, 0.1) is 11.8 Å². The van der Waals surface area contributed by atoms with Gasteiger partial charge in [0.15, 0.2) is 10.8 Å². The quantitative estimate of drug-likeness (QED) is 0.922. The lowest BCUT2D eigenvalue weighted by Crippen LogP contribution is -2.22. The largest absolute Gasteiger partial charge is 0.355 e. The van der Waals surface area contributed by atoms with E-state index in [1.165, 1.54) is 5.69 Å². The molecule has 4 nitrogen and oxygen atoms in total. The van der Waals surface area contributed by atoms with E-state index in [2.05, 4.69) is 34.7 Å². The zero-order chi connectivity index (χ0) is 12.7. The second-order valence-electron chi connectivity index (χ2n) is 5.34. The summed E-state index contributed by atoms with van der Waals surface area (Å²) in [6.45, 7) is 7.56. The number of nitrogens with zero attached hydrogens (tertiary/aromatic N) is 3. The summed E-state index contributed by atoms with van der Waals surface area (Å²) in [4.78, 5) is 8.31. The van der Waals surface area contributed by atoms with Crippen molar-refractivity contribution in [3.63, 3.8) is 0 Å². The third-order valence-electron chi connectivity index (χ3n) is 4.01. The van der Waals surface area contributed by atoms with Gasteiger partial charge >= 0.3 is 0 Å². The SMILES string of the molecule is CC1CN(c2nc3sccn3c2CCN)CC1C. The Morgan fingerprint density at radius 2 is 2.11 bits per heavy atom. The summed E-state index contributed by atoms with van der Waals surface area (Å²) in [7, 11) is 0. The molecule has 0 bridgehead atoms. The highest BCUT2D eigenvalue weighted by Gasteiger charge is 2.29. The third kappa shape index (κ3) is 1.82. The van der Waals surface area contributed by atoms with Crippen LogP contribution in [0.25, 0.3) is 4.96 Å². The molecule has 1 fully saturated rings. The summed E-state index contributed by atoms with van der Waals surface area (Å²) in [5.41, 5.74) is 7.02. The Morgan fingerprint density at radius 3 is 2.78 bits per heavy atom. The zero-order valence-corrected chi connectivity index (χ0v) is 11.8. The number of thiazole rings is 1. The van der Waals surface area contributed by atoms with E-state index < -0.39 is 0 Å². The van der Waals surface area contributed by atoms with Crippen molar-refractivity contribution < 1.29 is 0 Å². The average Bonchev–Trinajstić information content (AvgIpc) is 2.98. The third-order valence-corrected chi connectivity index (χ3v) is 4.77. The van der Waals surface area contributed by atoms with Gasteiger partial charge in [-0.3, -0.25) is 4.40 Å². The van der Waals surface area contributed by atoms with E-state index in [0.717, 1.165) is 42.1 Å². The number of hydrogen-bond donors (Lipinski definition) is 1. The van der Waals surface area contributed by atoms with Crippen LogP contribution in [0.3, 0.4) is 0 Å². The lowest BCUT2D eigenvalue weighted by Gasteiger charge is -2.17. The van der Waals surface area contributed by atoms with Gasteiger partial charge in [-0.2, -0.15) is 0 Å². The number of rotatable bonds is 3. The normalized spacial score (nSPS) is 24.3. The first-order valence-electron chi connectivity index (χ1n) is 6.60. The van der Waals surface area contributed by atoms with E-state index in [-0.39, 0.29) is 0 Å². The minimum atomic E-state index is 0.676. The van der Waals surface area contributed by atoms with Gasteiger partial charge in [0, 0.05) is 31.1 Å². The molecule has 0 spiro atoms. The summed E-state index contributed by atoms with van der Waals surface area (Å²) < 4.78 is 2.19. The highest BCUT2D eigenvalue weighted by Crippen LogP contribution is 2.31. The molecule has 2 N–H and O–H groups in total. The van der Waals surface area contributed by atoms with Crippen molar-refractivity contribution in [3.8, 4) is 0 Å². The van der Waals surface area contributed by atoms with Gasteiger partial charge in [0.05, 0.1) is 5.69 Å². The number of aromatic nitrogens is 2. The van der Waals surface area contributed by atoms with E-state index in [4.69, 9.17) is 10.7 Å². The first-order chi connectivity index (χ1) is 8.70. The lowest BCUT2D eigenvalue weighted by molar-refractivity contribution is 0.494. The molecule has 2 aromatic rings. The fourth-order valence-electron chi connectivity index (χ4n) is 2.75. The highest BCUT2D eigenvalue weighted by molar-refractivity contribution is 7.15. The van der Waals surface area contributed by atoms with Crippen molar-refractivity contribution in [1.82, 2.24) is 9.38 Å². The Hall–Kier alpha value is -1.07. The van der Waals surface area contributed by atoms with E-state index in [9.17, 15) is 0 Å². The number of anilines is 1. The summed E-state index contributed by atoms with van der Waals surface area (Å²) in [6.07, 6.45) is 3.00. The molecule has 0 saturated carbocycles. The van der Waals surface area contributed by atoms with E-state index in [0.29, 0.717) is 6.54 Å². The van der Waals surface area contributed by atoms with Crippen molar-refractivity contribution in [2.24, 2.45) is 17.6 Å². The average molecular weight is 264 g/mol. The number of fused-ring (bicyclic) bond motifs is 1. The van der Waals surface area contributed by atoms with Crippen LogP contribution in [0.1, 0.15) is 19.5 Å². The Bertz CT molecular complexity index is 534. The van der Waals surface area contributed by atoms with Crippen LogP contribution in [0.2, 0.25) is 0 Å². The van der Waals surface area contributed by atoms with Gasteiger partial charge in [-0.1, -0.05) is 13.8 Å². The molecule has 0 amide bonds. The van der Waals surface area contributed by atoms with Crippen LogP contribution in [0.15, 0.2) is 11.6 Å². The molecule has 3 heterocycles. The standard InChI is InChI=1S/C13H20N4S/c1-9-7-16(8-10(9)2)12-11(3-4-14)17-5-6-18-13(17)15-12/h5-6,9-10H,3-4,7-8,14H2,1-2H3. The summed E-state index contributed by atoms with van der Waals surface area (Å²) in [6, 6.07) is 0. The van der Waals surface area contributed by atoms with Gasteiger partial charge < -0.3 is 10.6 Å². The van der Waals surface area contributed by atoms with Crippen molar-refractivity contribution in [2.75, 3.05) is 24.5 Å². The monoisotopic (exact) mass is 264 g/mol. The predicted octanol–water partition coefficient (Wildman–Crippen LogP) is 1.99. The van der Waals surface area contributed by atoms with E-state index in [1.54, 1.807) is 11.3 Å². The maximum Gasteiger partial charge on any atom is 0.195 e. The topological polar surface area (TPSA) is 46.6 Å². The van der Waals surface area contributed by atoms with Crippen LogP contribution in [-0.4, -0.2) is 29.0 Å². The van der Waals surface area contributed by atoms with E-state index >= 15 is 0 Å². The maximum absolute atomic E-state index is 5.75. The van der Waals surface area contributed by atoms with Crippen molar-refractivity contribution in [1.29, 1.82) is 0 Å². The molecule has 1 saturated heterocycles. The molecule has 1 aliphatic heterocycles. The summed E-state index contributed by atoms with van der Waals surface area (Å²) in [5, 5.41) is 2.08. The molecule has 1 aliphatic rings. The molecule has 0 aromatic carbocycles. The smallest absolute Gasteiger partial charge is 0.195 e. The van der Waals surface area contributed by atoms with E-state index in [1.807, 2.05) is 0 Å². The minimum absolute atomic E-state index is 0.676. The molecule has 0 radical (unpaired) electrons. The Kier molecular flexibility index (Phi) is 3.03. The number of imidazole rings is 1. The van der Waals surface area contributed by atoms with Gasteiger partial charge in [0.25, 0.3) is 0 Å². The molecule has 0 aliphatic carbocycles. The highest BCUT2D eigenvalue weighted by atomic mass is 32.1. The van der Waals surface area contributed by atoms with Crippen LogP contribution in [0.5, 0.6) is 0 Å². The fourth-order valence-corrected chi connectivity index (χ4v) is 3.47. The van der Waals surface area contributed by atoms with Crippen molar-refractivity contribution in [3.05, 3.63) is 17.3 Å². The zero-order valence-electron chi connectivity index (χ0n) is 11.0. The van der Waals surface area contributed by atoms with Gasteiger partial charge in [-0.05, 0) is 18.4 Å². The second-order valence-corrected chi connectivity index (χ2v) is 6.21. The molecule has 2 aromatic heterocycles. The second kappa shape index (κ2) is 4.55. The Morgan fingerprint density at radius 1 is 1.39 bits per heavy atom. The first-order valence-corrected chi connectivity index (χ1v) is 7.48. The van der Waals surface area contributed by atoms with Gasteiger partial charge in [-0.15, -0.1) is 11.3 Å². The predicted molar refractivity (Wildman–Crippen MR) is 76.4 cm³/mol. The first kappa shape index (κ1) is 12.0. The van der Waals surface area contributed by atoms with Crippen LogP contribution < -0.4 is 10.6 Å². The molecule has 98 valence electrons. The molecule has 2 unspecified atom stereocenters. The molecular weight excluding hydrogens is 244 g/mol. The van der Waals surface area contributed by atoms with Crippen LogP contribution in [0.4, 0.5) is 5.82 Å². The molecule has 3 rings (SSSR count). The molecule has 18 heavy (non-hydrogen) atoms. The minimum Gasteiger partial charge on any atom is -0.355 e. The van der Waals surface area contributed by atoms with Crippen LogP contribution in [-0.2, 0) is 6.42 Å². The van der Waals surface area contributed by atoms with Gasteiger partial charge in [0.1, 0.15) is 0 Å². The number of hydrogen-bond acceptors (Lipinski definition) is 4. The van der Waals surface area contributed by atoms with Gasteiger partial charge in [-0.25, -0.2) is 4.98 Å². The lowest BCUT2D eigenvalue weighted by atomic mass is 10.0. The van der Waals surface area contributed by atoms with Gasteiger partial charge in [0.2, 0.25) is 0 Å². The maximum atomic E-state index is 5.75. The molecule has 5 heteroatoms. The molecular formula is C13H20N4S. The fraction of sp³-hybridized carbons (Fsp3) is 0.615. The van der Waals surface area contributed by atoms with Crippen LogP contribution >= 0.6 is 11.3 Å². The van der Waals surface area contributed by atoms with Crippen molar-refractivity contribution >= 4 is 22.1 Å². The summed E-state index contributed by atoms with van der Waals surface area (Å²) in [5.74, 6) is 2.65. The molecule has 2 atom stereocenters. The van der Waals surface area contributed by atoms with Crippen molar-refractivity contribution in [2.45, 2.75) is 20.3 Å². The summed E-state index contributed by atoms with van der Waals surface area (Å²) >= 11 is 1.69. The Labute approximate surface area is 111 Å².